The predicted octanol–water partition coefficient (Wildman–Crippen LogP) is 5.27. The highest BCUT2D eigenvalue weighted by molar-refractivity contribution is 6.02. The molecule has 0 radical (unpaired) electrons. The van der Waals surface area contributed by atoms with Crippen molar-refractivity contribution in [2.75, 3.05) is 23.7 Å². The largest absolute Gasteiger partial charge is 0.459 e. The minimum atomic E-state index is -0.437. The third-order valence-corrected chi connectivity index (χ3v) is 6.71. The van der Waals surface area contributed by atoms with Gasteiger partial charge >= 0.3 is 0 Å². The van der Waals surface area contributed by atoms with Crippen molar-refractivity contribution < 1.29 is 23.2 Å². The number of hydrogen-bond acceptors (Lipinski definition) is 5. The number of benzene rings is 2. The molecule has 9 heteroatoms. The summed E-state index contributed by atoms with van der Waals surface area (Å²) in [6.45, 7) is 1.28. The highest BCUT2D eigenvalue weighted by Crippen LogP contribution is 2.29. The summed E-state index contributed by atoms with van der Waals surface area (Å²) in [5.74, 6) is -0.502. The van der Waals surface area contributed by atoms with Crippen molar-refractivity contribution in [1.82, 2.24) is 9.88 Å². The maximum atomic E-state index is 13.0. The Kier molecular flexibility index (Phi) is 7.77. The van der Waals surface area contributed by atoms with E-state index in [-0.39, 0.29) is 29.9 Å². The summed E-state index contributed by atoms with van der Waals surface area (Å²) in [6, 6.07) is 20.6. The molecule has 3 amide bonds. The first-order valence-electron chi connectivity index (χ1n) is 12.7. The summed E-state index contributed by atoms with van der Waals surface area (Å²) >= 11 is 0. The van der Waals surface area contributed by atoms with Crippen molar-refractivity contribution in [1.29, 1.82) is 0 Å². The standard InChI is InChI=1S/C30H27FN4O4/c31-23-7-12-26(32-19-23)18-28(36)33-24-8-3-20(4-9-24)21-13-15-35(16-14-21)30(38)22-5-10-25(11-6-22)34-29(37)27-2-1-17-39-27/h1-12,17,19,21H,13-16,18H2,(H,33,36)(H,34,37). The highest BCUT2D eigenvalue weighted by atomic mass is 19.1. The molecule has 0 spiro atoms. The molecule has 198 valence electrons. The van der Waals surface area contributed by atoms with Gasteiger partial charge in [0.1, 0.15) is 5.82 Å². The molecule has 1 aliphatic rings. The summed E-state index contributed by atoms with van der Waals surface area (Å²) < 4.78 is 18.1. The lowest BCUT2D eigenvalue weighted by atomic mass is 9.89. The number of anilines is 2. The van der Waals surface area contributed by atoms with Gasteiger partial charge in [0, 0.05) is 35.7 Å². The SMILES string of the molecule is O=C(Cc1ccc(F)cn1)Nc1ccc(C2CCN(C(=O)c3ccc(NC(=O)c4ccco4)cc3)CC2)cc1. The van der Waals surface area contributed by atoms with Gasteiger partial charge in [-0.1, -0.05) is 12.1 Å². The third-order valence-electron chi connectivity index (χ3n) is 6.71. The molecule has 0 unspecified atom stereocenters. The van der Waals surface area contributed by atoms with E-state index in [4.69, 9.17) is 4.42 Å². The number of carbonyl (C=O) groups excluding carboxylic acids is 3. The first-order valence-corrected chi connectivity index (χ1v) is 12.7. The van der Waals surface area contributed by atoms with Crippen LogP contribution in [0.2, 0.25) is 0 Å². The van der Waals surface area contributed by atoms with E-state index in [1.807, 2.05) is 29.2 Å². The van der Waals surface area contributed by atoms with E-state index in [9.17, 15) is 18.8 Å². The van der Waals surface area contributed by atoms with Crippen molar-refractivity contribution in [2.45, 2.75) is 25.2 Å². The first-order chi connectivity index (χ1) is 18.9. The minimum absolute atomic E-state index is 0.0361. The van der Waals surface area contributed by atoms with Crippen LogP contribution in [0.15, 0.2) is 89.7 Å². The van der Waals surface area contributed by atoms with Crippen LogP contribution >= 0.6 is 0 Å². The molecule has 4 aromatic rings. The van der Waals surface area contributed by atoms with E-state index in [0.717, 1.165) is 24.6 Å². The first kappa shape index (κ1) is 25.8. The van der Waals surface area contributed by atoms with E-state index < -0.39 is 5.82 Å². The predicted molar refractivity (Wildman–Crippen MR) is 144 cm³/mol. The van der Waals surface area contributed by atoms with Gasteiger partial charge in [0.25, 0.3) is 11.8 Å². The second kappa shape index (κ2) is 11.7. The maximum absolute atomic E-state index is 13.0. The Morgan fingerprint density at radius 3 is 2.23 bits per heavy atom. The van der Waals surface area contributed by atoms with Gasteiger partial charge in [-0.15, -0.1) is 0 Å². The normalized spacial score (nSPS) is 13.6. The van der Waals surface area contributed by atoms with Crippen molar-refractivity contribution >= 4 is 29.1 Å². The number of furan rings is 1. The fourth-order valence-electron chi connectivity index (χ4n) is 4.61. The number of pyridine rings is 1. The van der Waals surface area contributed by atoms with E-state index >= 15 is 0 Å². The van der Waals surface area contributed by atoms with Crippen LogP contribution in [-0.2, 0) is 11.2 Å². The Morgan fingerprint density at radius 1 is 0.897 bits per heavy atom. The number of carbonyl (C=O) groups is 3. The Labute approximate surface area is 224 Å². The van der Waals surface area contributed by atoms with Crippen molar-refractivity contribution in [2.24, 2.45) is 0 Å². The number of nitrogens with zero attached hydrogens (tertiary/aromatic N) is 2. The lowest BCUT2D eigenvalue weighted by Gasteiger charge is -2.32. The van der Waals surface area contributed by atoms with Gasteiger partial charge < -0.3 is 20.0 Å². The Morgan fingerprint density at radius 2 is 1.59 bits per heavy atom. The summed E-state index contributed by atoms with van der Waals surface area (Å²) in [5, 5.41) is 5.59. The monoisotopic (exact) mass is 526 g/mol. The molecular weight excluding hydrogens is 499 g/mol. The fraction of sp³-hybridized carbons (Fsp3) is 0.200. The van der Waals surface area contributed by atoms with E-state index in [2.05, 4.69) is 15.6 Å². The molecule has 1 fully saturated rings. The second-order valence-corrected chi connectivity index (χ2v) is 9.39. The van der Waals surface area contributed by atoms with Crippen LogP contribution in [-0.4, -0.2) is 40.7 Å². The smallest absolute Gasteiger partial charge is 0.291 e. The number of likely N-dealkylation sites (tertiary alicyclic amines) is 1. The molecule has 1 saturated heterocycles. The molecular formula is C30H27FN4O4. The van der Waals surface area contributed by atoms with Gasteiger partial charge in [0.2, 0.25) is 5.91 Å². The van der Waals surface area contributed by atoms with Crippen molar-refractivity contribution in [3.8, 4) is 0 Å². The lowest BCUT2D eigenvalue weighted by Crippen LogP contribution is -2.37. The zero-order valence-electron chi connectivity index (χ0n) is 21.1. The average molecular weight is 527 g/mol. The molecule has 8 nitrogen and oxygen atoms in total. The number of hydrogen-bond donors (Lipinski definition) is 2. The van der Waals surface area contributed by atoms with Gasteiger partial charge in [0.15, 0.2) is 5.76 Å². The van der Waals surface area contributed by atoms with Crippen LogP contribution in [0, 0.1) is 5.82 Å². The Hall–Kier alpha value is -4.79. The number of amides is 3. The molecule has 1 aliphatic heterocycles. The fourth-order valence-corrected chi connectivity index (χ4v) is 4.61. The summed E-state index contributed by atoms with van der Waals surface area (Å²) in [5.41, 5.74) is 3.50. The number of nitrogens with one attached hydrogen (secondary N) is 2. The Bertz CT molecular complexity index is 1430. The minimum Gasteiger partial charge on any atom is -0.459 e. The zero-order chi connectivity index (χ0) is 27.2. The number of halogens is 1. The van der Waals surface area contributed by atoms with E-state index in [0.29, 0.717) is 41.6 Å². The van der Waals surface area contributed by atoms with Crippen LogP contribution in [0.5, 0.6) is 0 Å². The van der Waals surface area contributed by atoms with Gasteiger partial charge in [-0.05, 0) is 85.0 Å². The molecule has 0 bridgehead atoms. The maximum Gasteiger partial charge on any atom is 0.291 e. The van der Waals surface area contributed by atoms with Crippen molar-refractivity contribution in [3.63, 3.8) is 0 Å². The molecule has 2 aromatic carbocycles. The molecule has 0 saturated carbocycles. The molecule has 39 heavy (non-hydrogen) atoms. The second-order valence-electron chi connectivity index (χ2n) is 9.39. The summed E-state index contributed by atoms with van der Waals surface area (Å²) in [6.07, 6.45) is 4.27. The number of aromatic nitrogens is 1. The van der Waals surface area contributed by atoms with Crippen LogP contribution < -0.4 is 10.6 Å². The molecule has 3 heterocycles. The van der Waals surface area contributed by atoms with Crippen LogP contribution in [0.25, 0.3) is 0 Å². The number of rotatable bonds is 7. The Balaban J connectivity index is 1.10. The zero-order valence-corrected chi connectivity index (χ0v) is 21.1. The molecule has 5 rings (SSSR count). The molecule has 0 atom stereocenters. The topological polar surface area (TPSA) is 105 Å². The van der Waals surface area contributed by atoms with Crippen LogP contribution in [0.4, 0.5) is 15.8 Å². The summed E-state index contributed by atoms with van der Waals surface area (Å²) in [7, 11) is 0. The van der Waals surface area contributed by atoms with Crippen LogP contribution in [0.3, 0.4) is 0 Å². The van der Waals surface area contributed by atoms with E-state index in [1.165, 1.54) is 18.4 Å². The summed E-state index contributed by atoms with van der Waals surface area (Å²) in [4.78, 5) is 43.2. The number of piperidine rings is 1. The lowest BCUT2D eigenvalue weighted by molar-refractivity contribution is -0.115. The molecule has 2 aromatic heterocycles. The molecule has 0 aliphatic carbocycles. The quantitative estimate of drug-likeness (QED) is 0.342. The molecule has 2 N–H and O–H groups in total. The van der Waals surface area contributed by atoms with Gasteiger partial charge in [-0.2, -0.15) is 0 Å². The average Bonchev–Trinajstić information content (AvgIpc) is 3.50. The van der Waals surface area contributed by atoms with Crippen LogP contribution in [0.1, 0.15) is 50.9 Å². The van der Waals surface area contributed by atoms with Crippen molar-refractivity contribution in [3.05, 3.63) is 114 Å². The van der Waals surface area contributed by atoms with Gasteiger partial charge in [-0.3, -0.25) is 19.4 Å². The highest BCUT2D eigenvalue weighted by Gasteiger charge is 2.24. The van der Waals surface area contributed by atoms with E-state index in [1.54, 1.807) is 36.4 Å². The third kappa shape index (κ3) is 6.56. The van der Waals surface area contributed by atoms with Gasteiger partial charge in [-0.25, -0.2) is 4.39 Å². The van der Waals surface area contributed by atoms with Gasteiger partial charge in [0.05, 0.1) is 18.9 Å².